The quantitative estimate of drug-likeness (QED) is 0.634. The Balaban J connectivity index is 2.74. The average molecular weight is 302 g/mol. The molecule has 1 atom stereocenters. The zero-order valence-corrected chi connectivity index (χ0v) is 11.9. The van der Waals surface area contributed by atoms with Gasteiger partial charge in [-0.1, -0.05) is 19.1 Å². The number of amides is 1. The van der Waals surface area contributed by atoms with Crippen LogP contribution in [0.4, 0.5) is 4.79 Å². The number of hydrogen-bond donors (Lipinski definition) is 3. The topological polar surface area (TPSA) is 119 Å². The zero-order valence-electron chi connectivity index (χ0n) is 11.1. The fourth-order valence-corrected chi connectivity index (χ4v) is 2.60. The number of rotatable bonds is 7. The van der Waals surface area contributed by atoms with Crippen LogP contribution in [-0.4, -0.2) is 32.8 Å². The van der Waals surface area contributed by atoms with Crippen LogP contribution in [0.3, 0.4) is 0 Å². The Morgan fingerprint density at radius 1 is 1.50 bits per heavy atom. The Morgan fingerprint density at radius 3 is 2.80 bits per heavy atom. The second kappa shape index (κ2) is 7.22. The zero-order chi connectivity index (χ0) is 15.2. The van der Waals surface area contributed by atoms with Gasteiger partial charge in [0.15, 0.2) is 0 Å². The van der Waals surface area contributed by atoms with Gasteiger partial charge in [-0.05, 0) is 24.1 Å². The van der Waals surface area contributed by atoms with Crippen molar-refractivity contribution in [3.63, 3.8) is 0 Å². The molecule has 1 aromatic carbocycles. The van der Waals surface area contributed by atoms with E-state index >= 15 is 0 Å². The van der Waals surface area contributed by atoms with Crippen molar-refractivity contribution in [3.8, 4) is 0 Å². The molecule has 20 heavy (non-hydrogen) atoms. The fourth-order valence-electron chi connectivity index (χ4n) is 1.54. The van der Waals surface area contributed by atoms with Gasteiger partial charge in [0.05, 0.1) is 11.0 Å². The highest BCUT2D eigenvalue weighted by molar-refractivity contribution is 7.89. The van der Waals surface area contributed by atoms with Crippen LogP contribution in [0.25, 0.3) is 0 Å². The maximum Gasteiger partial charge on any atom is 0.404 e. The number of benzene rings is 1. The smallest absolute Gasteiger partial charge is 0.404 e. The molecule has 1 rings (SSSR count). The number of nitrogens with two attached hydrogens (primary N) is 1. The Morgan fingerprint density at radius 2 is 2.20 bits per heavy atom. The molecule has 0 saturated carbocycles. The summed E-state index contributed by atoms with van der Waals surface area (Å²) < 4.78 is 30.6. The summed E-state index contributed by atoms with van der Waals surface area (Å²) in [7, 11) is -3.72. The number of hydrogen-bond acceptors (Lipinski definition) is 5. The van der Waals surface area contributed by atoms with Crippen LogP contribution >= 0.6 is 0 Å². The van der Waals surface area contributed by atoms with E-state index in [2.05, 4.69) is 9.46 Å². The van der Waals surface area contributed by atoms with Crippen LogP contribution in [-0.2, 0) is 14.8 Å². The first-order valence-corrected chi connectivity index (χ1v) is 7.55. The van der Waals surface area contributed by atoms with Crippen molar-refractivity contribution in [2.45, 2.75) is 24.3 Å². The van der Waals surface area contributed by atoms with Crippen LogP contribution in [0.1, 0.15) is 25.0 Å². The molecule has 112 valence electrons. The summed E-state index contributed by atoms with van der Waals surface area (Å²) in [5.74, 6) is 0. The van der Waals surface area contributed by atoms with Crippen molar-refractivity contribution in [1.29, 1.82) is 0 Å². The number of ether oxygens (including phenoxy) is 1. The van der Waals surface area contributed by atoms with E-state index in [0.29, 0.717) is 12.0 Å². The van der Waals surface area contributed by atoms with Crippen molar-refractivity contribution in [2.24, 2.45) is 5.73 Å². The van der Waals surface area contributed by atoms with Gasteiger partial charge in [0.25, 0.3) is 0 Å². The molecule has 8 heteroatoms. The highest BCUT2D eigenvalue weighted by atomic mass is 32.2. The predicted octanol–water partition coefficient (Wildman–Crippen LogP) is 0.504. The summed E-state index contributed by atoms with van der Waals surface area (Å²) in [5, 5.41) is 9.71. The molecule has 1 amide bonds. The normalized spacial score (nSPS) is 12.9. The van der Waals surface area contributed by atoms with Crippen molar-refractivity contribution in [3.05, 3.63) is 29.8 Å². The van der Waals surface area contributed by atoms with Gasteiger partial charge in [-0.25, -0.2) is 17.9 Å². The van der Waals surface area contributed by atoms with E-state index in [1.165, 1.54) is 12.1 Å². The third-order valence-electron chi connectivity index (χ3n) is 2.58. The Hall–Kier alpha value is -1.64. The van der Waals surface area contributed by atoms with E-state index in [1.807, 2.05) is 0 Å². The molecule has 0 radical (unpaired) electrons. The van der Waals surface area contributed by atoms with E-state index in [1.54, 1.807) is 19.1 Å². The maximum atomic E-state index is 12.0. The molecule has 0 fully saturated rings. The van der Waals surface area contributed by atoms with Gasteiger partial charge in [0, 0.05) is 6.54 Å². The number of carbonyl (C=O) groups is 1. The molecular weight excluding hydrogens is 284 g/mol. The molecule has 0 saturated heterocycles. The fraction of sp³-hybridized carbons (Fsp3) is 0.417. The van der Waals surface area contributed by atoms with Gasteiger partial charge in [-0.15, -0.1) is 0 Å². The number of sulfonamides is 1. The molecular formula is C12H18N2O5S. The van der Waals surface area contributed by atoms with Crippen LogP contribution in [0, 0.1) is 0 Å². The molecule has 0 heterocycles. The van der Waals surface area contributed by atoms with Crippen molar-refractivity contribution in [1.82, 2.24) is 4.72 Å². The SMILES string of the molecule is CCC(O)c1cccc(S(=O)(=O)NCCOC(N)=O)c1. The van der Waals surface area contributed by atoms with Crippen molar-refractivity contribution >= 4 is 16.1 Å². The molecule has 0 aliphatic heterocycles. The molecule has 7 nitrogen and oxygen atoms in total. The highest BCUT2D eigenvalue weighted by Gasteiger charge is 2.15. The lowest BCUT2D eigenvalue weighted by Gasteiger charge is -2.11. The second-order valence-corrected chi connectivity index (χ2v) is 5.83. The summed E-state index contributed by atoms with van der Waals surface area (Å²) in [4.78, 5) is 10.4. The van der Waals surface area contributed by atoms with E-state index < -0.39 is 22.2 Å². The Labute approximate surface area is 117 Å². The minimum Gasteiger partial charge on any atom is -0.448 e. The predicted molar refractivity (Wildman–Crippen MR) is 72.4 cm³/mol. The van der Waals surface area contributed by atoms with Gasteiger partial charge < -0.3 is 15.6 Å². The van der Waals surface area contributed by atoms with Crippen LogP contribution in [0.5, 0.6) is 0 Å². The molecule has 0 aliphatic rings. The minimum absolute atomic E-state index is 0.0431. The Kier molecular flexibility index (Phi) is 5.93. The third kappa shape index (κ3) is 4.80. The highest BCUT2D eigenvalue weighted by Crippen LogP contribution is 2.19. The number of nitrogens with one attached hydrogen (secondary N) is 1. The third-order valence-corrected chi connectivity index (χ3v) is 4.04. The van der Waals surface area contributed by atoms with Crippen LogP contribution in [0.2, 0.25) is 0 Å². The van der Waals surface area contributed by atoms with Gasteiger partial charge >= 0.3 is 6.09 Å². The van der Waals surface area contributed by atoms with Crippen LogP contribution in [0.15, 0.2) is 29.2 Å². The molecule has 1 unspecified atom stereocenters. The Bertz CT molecular complexity index is 559. The lowest BCUT2D eigenvalue weighted by Crippen LogP contribution is -2.29. The molecule has 0 bridgehead atoms. The first-order chi connectivity index (χ1) is 9.36. The molecule has 1 aromatic rings. The standard InChI is InChI=1S/C12H18N2O5S/c1-2-11(15)9-4-3-5-10(8-9)20(17,18)14-6-7-19-12(13)16/h3-5,8,11,14-15H,2,6-7H2,1H3,(H2,13,16). The van der Waals surface area contributed by atoms with E-state index in [0.717, 1.165) is 0 Å². The summed E-state index contributed by atoms with van der Waals surface area (Å²) in [6.07, 6.45) is -1.18. The molecule has 0 aliphatic carbocycles. The summed E-state index contributed by atoms with van der Waals surface area (Å²) in [5.41, 5.74) is 5.29. The number of primary amides is 1. The molecule has 0 spiro atoms. The van der Waals surface area contributed by atoms with Gasteiger partial charge in [-0.3, -0.25) is 0 Å². The van der Waals surface area contributed by atoms with Gasteiger partial charge in [-0.2, -0.15) is 0 Å². The first kappa shape index (κ1) is 16.4. The lowest BCUT2D eigenvalue weighted by molar-refractivity contribution is 0.159. The first-order valence-electron chi connectivity index (χ1n) is 6.06. The van der Waals surface area contributed by atoms with Gasteiger partial charge in [0.2, 0.25) is 10.0 Å². The lowest BCUT2D eigenvalue weighted by atomic mass is 10.1. The maximum absolute atomic E-state index is 12.0. The summed E-state index contributed by atoms with van der Waals surface area (Å²) in [6.45, 7) is 1.57. The largest absolute Gasteiger partial charge is 0.448 e. The van der Waals surface area contributed by atoms with Gasteiger partial charge in [0.1, 0.15) is 6.61 Å². The van der Waals surface area contributed by atoms with Crippen molar-refractivity contribution < 1.29 is 23.1 Å². The second-order valence-electron chi connectivity index (χ2n) is 4.06. The van der Waals surface area contributed by atoms with E-state index in [9.17, 15) is 18.3 Å². The average Bonchev–Trinajstić information content (AvgIpc) is 2.42. The van der Waals surface area contributed by atoms with Crippen LogP contribution < -0.4 is 10.5 Å². The number of carbonyl (C=O) groups excluding carboxylic acids is 1. The van der Waals surface area contributed by atoms with E-state index in [4.69, 9.17) is 5.73 Å². The van der Waals surface area contributed by atoms with E-state index in [-0.39, 0.29) is 18.0 Å². The molecule has 4 N–H and O–H groups in total. The minimum atomic E-state index is -3.72. The summed E-state index contributed by atoms with van der Waals surface area (Å²) >= 11 is 0. The number of aliphatic hydroxyl groups is 1. The summed E-state index contributed by atoms with van der Waals surface area (Å²) in [6, 6.07) is 6.04. The monoisotopic (exact) mass is 302 g/mol. The molecule has 0 aromatic heterocycles. The number of aliphatic hydroxyl groups excluding tert-OH is 1. The van der Waals surface area contributed by atoms with Crippen molar-refractivity contribution in [2.75, 3.05) is 13.2 Å².